The van der Waals surface area contributed by atoms with Crippen LogP contribution in [0.15, 0.2) is 18.2 Å². The Morgan fingerprint density at radius 2 is 1.92 bits per heavy atom. The highest BCUT2D eigenvalue weighted by Gasteiger charge is 2.55. The number of hydrogen-bond donors (Lipinski definition) is 0. The molecule has 3 fully saturated rings. The van der Waals surface area contributed by atoms with E-state index in [0.717, 1.165) is 31.1 Å². The van der Waals surface area contributed by atoms with E-state index < -0.39 is 0 Å². The first-order valence-corrected chi connectivity index (χ1v) is 9.19. The van der Waals surface area contributed by atoms with Gasteiger partial charge in [-0.3, -0.25) is 0 Å². The number of nitrogens with zero attached hydrogens (tertiary/aromatic N) is 1. The Labute approximate surface area is 145 Å². The van der Waals surface area contributed by atoms with Gasteiger partial charge in [-0.25, -0.2) is 0 Å². The molecule has 0 N–H and O–H groups in total. The van der Waals surface area contributed by atoms with Crippen LogP contribution in [0, 0.1) is 0 Å². The maximum atomic E-state index is 6.23. The van der Waals surface area contributed by atoms with E-state index in [2.05, 4.69) is 30.1 Å². The van der Waals surface area contributed by atoms with E-state index in [1.807, 2.05) is 0 Å². The maximum Gasteiger partial charge on any atom is 0.161 e. The molecule has 2 saturated heterocycles. The third-order valence-corrected chi connectivity index (χ3v) is 6.82. The van der Waals surface area contributed by atoms with Crippen molar-refractivity contribution in [2.75, 3.05) is 34.4 Å². The van der Waals surface area contributed by atoms with Gasteiger partial charge in [0.05, 0.1) is 19.8 Å². The summed E-state index contributed by atoms with van der Waals surface area (Å²) >= 11 is 0. The van der Waals surface area contributed by atoms with Crippen molar-refractivity contribution in [1.82, 2.24) is 4.90 Å². The van der Waals surface area contributed by atoms with Crippen LogP contribution in [0.1, 0.15) is 44.1 Å². The molecule has 4 nitrogen and oxygen atoms in total. The van der Waals surface area contributed by atoms with Gasteiger partial charge >= 0.3 is 0 Å². The first-order valence-electron chi connectivity index (χ1n) is 9.19. The zero-order valence-corrected chi connectivity index (χ0v) is 15.1. The average Bonchev–Trinajstić information content (AvgIpc) is 3.21. The number of ether oxygens (including phenoxy) is 3. The largest absolute Gasteiger partial charge is 0.493 e. The summed E-state index contributed by atoms with van der Waals surface area (Å²) in [4.78, 5) is 2.55. The molecule has 1 aliphatic carbocycles. The van der Waals surface area contributed by atoms with Crippen molar-refractivity contribution < 1.29 is 14.2 Å². The van der Waals surface area contributed by atoms with Crippen LogP contribution in [0.4, 0.5) is 0 Å². The lowest BCUT2D eigenvalue weighted by molar-refractivity contribution is -0.0581. The number of hydrogen-bond acceptors (Lipinski definition) is 4. The Morgan fingerprint density at radius 3 is 2.62 bits per heavy atom. The first-order chi connectivity index (χ1) is 11.6. The summed E-state index contributed by atoms with van der Waals surface area (Å²) in [5.41, 5.74) is 1.77. The fraction of sp³-hybridized carbons (Fsp3) is 0.700. The van der Waals surface area contributed by atoms with Gasteiger partial charge in [0.15, 0.2) is 11.5 Å². The molecule has 132 valence electrons. The maximum absolute atomic E-state index is 6.23. The smallest absolute Gasteiger partial charge is 0.161 e. The number of likely N-dealkylation sites (tertiary alicyclic amines) is 1. The van der Waals surface area contributed by atoms with Gasteiger partial charge < -0.3 is 19.1 Å². The number of rotatable bonds is 3. The van der Waals surface area contributed by atoms with Gasteiger partial charge in [0, 0.05) is 18.1 Å². The van der Waals surface area contributed by atoms with Crippen molar-refractivity contribution >= 4 is 0 Å². The second-order valence-electron chi connectivity index (χ2n) is 7.81. The average molecular weight is 331 g/mol. The molecular formula is C20H29NO3. The number of likely N-dealkylation sites (N-methyl/N-ethyl adjacent to an activating group) is 1. The molecule has 0 radical (unpaired) electrons. The summed E-state index contributed by atoms with van der Waals surface area (Å²) in [6.07, 6.45) is 7.24. The van der Waals surface area contributed by atoms with Crippen molar-refractivity contribution in [2.45, 2.75) is 55.6 Å². The lowest BCUT2D eigenvalue weighted by atomic mass is 9.62. The molecular weight excluding hydrogens is 302 g/mol. The van der Waals surface area contributed by atoms with E-state index in [4.69, 9.17) is 14.2 Å². The van der Waals surface area contributed by atoms with Gasteiger partial charge in [-0.15, -0.1) is 0 Å². The number of fused-ring (bicyclic) bond motifs is 1. The summed E-state index contributed by atoms with van der Waals surface area (Å²) in [6.45, 7) is 2.11. The van der Waals surface area contributed by atoms with E-state index in [9.17, 15) is 0 Å². The molecule has 1 saturated carbocycles. The third kappa shape index (κ3) is 2.34. The van der Waals surface area contributed by atoms with Crippen molar-refractivity contribution in [1.29, 1.82) is 0 Å². The molecule has 2 heterocycles. The topological polar surface area (TPSA) is 30.9 Å². The molecule has 3 atom stereocenters. The second-order valence-corrected chi connectivity index (χ2v) is 7.81. The molecule has 4 rings (SSSR count). The van der Waals surface area contributed by atoms with Crippen molar-refractivity contribution in [3.63, 3.8) is 0 Å². The normalized spacial score (nSPS) is 36.0. The highest BCUT2D eigenvalue weighted by atomic mass is 16.5. The van der Waals surface area contributed by atoms with Gasteiger partial charge in [-0.05, 0) is 69.8 Å². The Kier molecular flexibility index (Phi) is 4.00. The van der Waals surface area contributed by atoms with Crippen LogP contribution >= 0.6 is 0 Å². The molecule has 0 bridgehead atoms. The summed E-state index contributed by atoms with van der Waals surface area (Å²) in [7, 11) is 5.70. The van der Waals surface area contributed by atoms with Crippen molar-refractivity contribution in [3.05, 3.63) is 23.8 Å². The summed E-state index contributed by atoms with van der Waals surface area (Å²) in [5, 5.41) is 0. The van der Waals surface area contributed by atoms with E-state index in [0.29, 0.717) is 6.04 Å². The predicted molar refractivity (Wildman–Crippen MR) is 94.0 cm³/mol. The molecule has 1 aromatic carbocycles. The quantitative estimate of drug-likeness (QED) is 0.850. The van der Waals surface area contributed by atoms with Gasteiger partial charge in [0.1, 0.15) is 0 Å². The summed E-state index contributed by atoms with van der Waals surface area (Å²) in [5.74, 6) is 1.65. The molecule has 0 amide bonds. The molecule has 4 heteroatoms. The zero-order chi connectivity index (χ0) is 16.8. The fourth-order valence-electron chi connectivity index (χ4n) is 5.41. The van der Waals surface area contributed by atoms with Crippen LogP contribution < -0.4 is 9.47 Å². The van der Waals surface area contributed by atoms with Crippen LogP contribution in [-0.4, -0.2) is 51.0 Å². The van der Waals surface area contributed by atoms with Crippen molar-refractivity contribution in [3.8, 4) is 11.5 Å². The third-order valence-electron chi connectivity index (χ3n) is 6.82. The predicted octanol–water partition coefficient (Wildman–Crippen LogP) is 3.38. The molecule has 1 aromatic rings. The fourth-order valence-corrected chi connectivity index (χ4v) is 5.41. The molecule has 3 unspecified atom stereocenters. The second kappa shape index (κ2) is 5.92. The number of methoxy groups -OCH3 is 2. The van der Waals surface area contributed by atoms with E-state index in [1.165, 1.54) is 37.7 Å². The Morgan fingerprint density at radius 1 is 1.08 bits per heavy atom. The SMILES string of the molecule is COc1ccc(C23CCN(C)C2CC2(CCCO2)CC3)cc1OC. The minimum Gasteiger partial charge on any atom is -0.493 e. The zero-order valence-electron chi connectivity index (χ0n) is 15.1. The standard InChI is InChI=1S/C20H29NO3/c1-21-11-10-20(15-5-6-16(22-2)17(13-15)23-3)9-8-19(14-18(20)21)7-4-12-24-19/h5-6,13,18H,4,7-12,14H2,1-3H3. The lowest BCUT2D eigenvalue weighted by Gasteiger charge is -2.48. The highest BCUT2D eigenvalue weighted by molar-refractivity contribution is 5.46. The summed E-state index contributed by atoms with van der Waals surface area (Å²) in [6, 6.07) is 7.08. The van der Waals surface area contributed by atoms with E-state index in [1.54, 1.807) is 14.2 Å². The minimum atomic E-state index is 0.142. The van der Waals surface area contributed by atoms with Crippen LogP contribution in [0.3, 0.4) is 0 Å². The first kappa shape index (κ1) is 16.2. The van der Waals surface area contributed by atoms with Gasteiger partial charge in [0.25, 0.3) is 0 Å². The monoisotopic (exact) mass is 331 g/mol. The summed E-state index contributed by atoms with van der Waals surface area (Å²) < 4.78 is 17.2. The van der Waals surface area contributed by atoms with Crippen LogP contribution in [0.5, 0.6) is 11.5 Å². The van der Waals surface area contributed by atoms with Crippen LogP contribution in [0.2, 0.25) is 0 Å². The van der Waals surface area contributed by atoms with Crippen LogP contribution in [-0.2, 0) is 10.2 Å². The minimum absolute atomic E-state index is 0.142. The number of benzene rings is 1. The van der Waals surface area contributed by atoms with Crippen LogP contribution in [0.25, 0.3) is 0 Å². The molecule has 2 aliphatic heterocycles. The lowest BCUT2D eigenvalue weighted by Crippen LogP contribution is -2.52. The molecule has 3 aliphatic rings. The molecule has 24 heavy (non-hydrogen) atoms. The Balaban J connectivity index is 1.70. The highest BCUT2D eigenvalue weighted by Crippen LogP contribution is 2.54. The van der Waals surface area contributed by atoms with Gasteiger partial charge in [0.2, 0.25) is 0 Å². The van der Waals surface area contributed by atoms with E-state index >= 15 is 0 Å². The van der Waals surface area contributed by atoms with E-state index in [-0.39, 0.29) is 11.0 Å². The Bertz CT molecular complexity index is 611. The van der Waals surface area contributed by atoms with Gasteiger partial charge in [-0.2, -0.15) is 0 Å². The van der Waals surface area contributed by atoms with Gasteiger partial charge in [-0.1, -0.05) is 6.07 Å². The Hall–Kier alpha value is -1.26. The molecule has 0 aromatic heterocycles. The molecule has 1 spiro atoms. The van der Waals surface area contributed by atoms with Crippen molar-refractivity contribution in [2.24, 2.45) is 0 Å².